The van der Waals surface area contributed by atoms with Gasteiger partial charge in [-0.1, -0.05) is 13.0 Å². The van der Waals surface area contributed by atoms with Crippen molar-refractivity contribution in [1.82, 2.24) is 5.32 Å². The van der Waals surface area contributed by atoms with Crippen molar-refractivity contribution < 1.29 is 9.13 Å². The molecule has 1 saturated carbocycles. The fourth-order valence-electron chi connectivity index (χ4n) is 2.45. The highest BCUT2D eigenvalue weighted by Crippen LogP contribution is 2.25. The Balaban J connectivity index is 1.96. The van der Waals surface area contributed by atoms with E-state index in [1.54, 1.807) is 13.0 Å². The predicted octanol–water partition coefficient (Wildman–Crippen LogP) is 3.43. The van der Waals surface area contributed by atoms with Gasteiger partial charge in [0.1, 0.15) is 17.7 Å². The van der Waals surface area contributed by atoms with Crippen LogP contribution in [0.25, 0.3) is 0 Å². The lowest BCUT2D eigenvalue weighted by Crippen LogP contribution is -2.39. The number of hydrogen-bond acceptors (Lipinski definition) is 2. The van der Waals surface area contributed by atoms with Crippen molar-refractivity contribution >= 4 is 0 Å². The molecule has 2 nitrogen and oxygen atoms in total. The molecule has 0 saturated heterocycles. The average molecular weight is 251 g/mol. The number of nitrogens with one attached hydrogen (secondary N) is 1. The zero-order valence-electron chi connectivity index (χ0n) is 11.2. The maximum absolute atomic E-state index is 13.5. The Hall–Kier alpha value is -1.09. The van der Waals surface area contributed by atoms with Crippen LogP contribution in [-0.4, -0.2) is 18.7 Å². The van der Waals surface area contributed by atoms with Crippen molar-refractivity contribution in [3.8, 4) is 5.75 Å². The molecule has 1 aromatic rings. The molecule has 0 aromatic heterocycles. The molecule has 0 heterocycles. The highest BCUT2D eigenvalue weighted by Gasteiger charge is 2.28. The maximum Gasteiger partial charge on any atom is 0.129 e. The molecule has 0 spiro atoms. The Bertz CT molecular complexity index is 394. The van der Waals surface area contributed by atoms with Crippen molar-refractivity contribution in [2.45, 2.75) is 51.7 Å². The molecule has 1 fully saturated rings. The van der Waals surface area contributed by atoms with E-state index in [1.165, 1.54) is 12.5 Å². The van der Waals surface area contributed by atoms with Gasteiger partial charge >= 0.3 is 0 Å². The molecule has 18 heavy (non-hydrogen) atoms. The summed E-state index contributed by atoms with van der Waals surface area (Å²) in [6, 6.07) is 5.53. The Labute approximate surface area is 109 Å². The minimum absolute atomic E-state index is 0.179. The van der Waals surface area contributed by atoms with E-state index in [0.29, 0.717) is 17.4 Å². The average Bonchev–Trinajstić information content (AvgIpc) is 2.79. The summed E-state index contributed by atoms with van der Waals surface area (Å²) in [5.74, 6) is 0.455. The van der Waals surface area contributed by atoms with Gasteiger partial charge in [0, 0.05) is 12.1 Å². The van der Waals surface area contributed by atoms with Crippen molar-refractivity contribution in [3.63, 3.8) is 0 Å². The van der Waals surface area contributed by atoms with E-state index in [2.05, 4.69) is 12.2 Å². The quantitative estimate of drug-likeness (QED) is 0.865. The summed E-state index contributed by atoms with van der Waals surface area (Å²) < 4.78 is 19.4. The summed E-state index contributed by atoms with van der Waals surface area (Å²) in [4.78, 5) is 0. The van der Waals surface area contributed by atoms with Crippen LogP contribution in [0.15, 0.2) is 18.2 Å². The smallest absolute Gasteiger partial charge is 0.129 e. The minimum Gasteiger partial charge on any atom is -0.489 e. The van der Waals surface area contributed by atoms with E-state index in [0.717, 1.165) is 25.8 Å². The zero-order valence-corrected chi connectivity index (χ0v) is 11.2. The van der Waals surface area contributed by atoms with Crippen LogP contribution in [0.2, 0.25) is 0 Å². The fourth-order valence-corrected chi connectivity index (χ4v) is 2.45. The molecule has 3 heteroatoms. The van der Waals surface area contributed by atoms with Crippen LogP contribution < -0.4 is 10.1 Å². The normalized spacial score (nSPS) is 23.3. The molecular formula is C15H22FNO. The number of ether oxygens (including phenoxy) is 1. The molecule has 1 aromatic carbocycles. The number of halogens is 1. The number of aryl methyl sites for hydroxylation is 1. The van der Waals surface area contributed by atoms with Gasteiger partial charge in [0.2, 0.25) is 0 Å². The summed E-state index contributed by atoms with van der Waals surface area (Å²) in [7, 11) is 0. The maximum atomic E-state index is 13.5. The van der Waals surface area contributed by atoms with Crippen molar-refractivity contribution in [1.29, 1.82) is 0 Å². The molecule has 0 bridgehead atoms. The predicted molar refractivity (Wildman–Crippen MR) is 71.5 cm³/mol. The Kier molecular flexibility index (Phi) is 4.59. The Morgan fingerprint density at radius 1 is 1.39 bits per heavy atom. The summed E-state index contributed by atoms with van der Waals surface area (Å²) in [5, 5.41) is 3.51. The van der Waals surface area contributed by atoms with Crippen LogP contribution in [0.5, 0.6) is 5.75 Å². The highest BCUT2D eigenvalue weighted by atomic mass is 19.1. The topological polar surface area (TPSA) is 21.3 Å². The van der Waals surface area contributed by atoms with E-state index in [4.69, 9.17) is 4.74 Å². The first-order chi connectivity index (χ1) is 8.70. The van der Waals surface area contributed by atoms with E-state index in [1.807, 2.05) is 6.07 Å². The lowest BCUT2D eigenvalue weighted by Gasteiger charge is -2.22. The molecule has 100 valence electrons. The van der Waals surface area contributed by atoms with Crippen LogP contribution in [0.4, 0.5) is 4.39 Å². The second kappa shape index (κ2) is 6.19. The van der Waals surface area contributed by atoms with Crippen LogP contribution in [0.3, 0.4) is 0 Å². The van der Waals surface area contributed by atoms with Crippen LogP contribution in [-0.2, 0) is 0 Å². The summed E-state index contributed by atoms with van der Waals surface area (Å²) in [5.41, 5.74) is 0.662. The van der Waals surface area contributed by atoms with Crippen molar-refractivity contribution in [3.05, 3.63) is 29.6 Å². The van der Waals surface area contributed by atoms with Gasteiger partial charge in [0.05, 0.1) is 0 Å². The van der Waals surface area contributed by atoms with Gasteiger partial charge in [-0.3, -0.25) is 0 Å². The van der Waals surface area contributed by atoms with Gasteiger partial charge in [-0.2, -0.15) is 0 Å². The first-order valence-corrected chi connectivity index (χ1v) is 6.87. The molecule has 2 rings (SSSR count). The number of hydrogen-bond donors (Lipinski definition) is 1. The third kappa shape index (κ3) is 3.22. The second-order valence-corrected chi connectivity index (χ2v) is 5.06. The fraction of sp³-hybridized carbons (Fsp3) is 0.600. The summed E-state index contributed by atoms with van der Waals surface area (Å²) in [6.45, 7) is 4.94. The number of benzene rings is 1. The summed E-state index contributed by atoms with van der Waals surface area (Å²) in [6.07, 6.45) is 4.69. The van der Waals surface area contributed by atoms with Crippen molar-refractivity contribution in [2.75, 3.05) is 6.54 Å². The van der Waals surface area contributed by atoms with E-state index in [9.17, 15) is 4.39 Å². The van der Waals surface area contributed by atoms with Gasteiger partial charge in [-0.05, 0) is 50.8 Å². The molecule has 1 N–H and O–H groups in total. The molecule has 2 unspecified atom stereocenters. The van der Waals surface area contributed by atoms with Gasteiger partial charge in [0.15, 0.2) is 0 Å². The minimum atomic E-state index is -0.191. The van der Waals surface area contributed by atoms with Crippen molar-refractivity contribution in [2.24, 2.45) is 0 Å². The molecule has 1 aliphatic carbocycles. The lowest BCUT2D eigenvalue weighted by atomic mass is 10.2. The molecule has 1 aliphatic rings. The van der Waals surface area contributed by atoms with Crippen LogP contribution in [0.1, 0.15) is 38.2 Å². The third-order valence-corrected chi connectivity index (χ3v) is 3.54. The zero-order chi connectivity index (χ0) is 13.0. The summed E-state index contributed by atoms with van der Waals surface area (Å²) >= 11 is 0. The van der Waals surface area contributed by atoms with Gasteiger partial charge in [-0.15, -0.1) is 0 Å². The monoisotopic (exact) mass is 251 g/mol. The van der Waals surface area contributed by atoms with Gasteiger partial charge < -0.3 is 10.1 Å². The number of rotatable bonds is 5. The third-order valence-electron chi connectivity index (χ3n) is 3.54. The van der Waals surface area contributed by atoms with Crippen LogP contribution >= 0.6 is 0 Å². The van der Waals surface area contributed by atoms with E-state index >= 15 is 0 Å². The van der Waals surface area contributed by atoms with E-state index < -0.39 is 0 Å². The first-order valence-electron chi connectivity index (χ1n) is 6.87. The largest absolute Gasteiger partial charge is 0.489 e. The lowest BCUT2D eigenvalue weighted by molar-refractivity contribution is 0.174. The second-order valence-electron chi connectivity index (χ2n) is 5.06. The molecular weight excluding hydrogens is 229 g/mol. The first kappa shape index (κ1) is 13.3. The molecule has 0 aliphatic heterocycles. The standard InChI is InChI=1S/C15H22FNO/c1-3-9-17-14-5-4-6-15(14)18-12-8-7-11(2)13(16)10-12/h7-8,10,14-15,17H,3-6,9H2,1-2H3. The van der Waals surface area contributed by atoms with E-state index in [-0.39, 0.29) is 11.9 Å². The van der Waals surface area contributed by atoms with Crippen LogP contribution in [0, 0.1) is 12.7 Å². The molecule has 2 atom stereocenters. The highest BCUT2D eigenvalue weighted by molar-refractivity contribution is 5.28. The SMILES string of the molecule is CCCNC1CCCC1Oc1ccc(C)c(F)c1. The Morgan fingerprint density at radius 3 is 2.94 bits per heavy atom. The molecule has 0 amide bonds. The van der Waals surface area contributed by atoms with Gasteiger partial charge in [-0.25, -0.2) is 4.39 Å². The Morgan fingerprint density at radius 2 is 2.22 bits per heavy atom. The van der Waals surface area contributed by atoms with Gasteiger partial charge in [0.25, 0.3) is 0 Å². The molecule has 0 radical (unpaired) electrons.